The molecule has 0 saturated carbocycles. The molecule has 1 aliphatic carbocycles. The summed E-state index contributed by atoms with van der Waals surface area (Å²) in [5.41, 5.74) is 10.7. The number of aliphatic imine (C=N–C) groups is 1. The van der Waals surface area contributed by atoms with E-state index in [-0.39, 0.29) is 5.70 Å². The van der Waals surface area contributed by atoms with Crippen LogP contribution in [0.5, 0.6) is 0 Å². The van der Waals surface area contributed by atoms with Gasteiger partial charge in [0.25, 0.3) is 5.91 Å². The van der Waals surface area contributed by atoms with Gasteiger partial charge in [0.15, 0.2) is 0 Å². The number of benzene rings is 1. The molecule has 2 aromatic rings. The summed E-state index contributed by atoms with van der Waals surface area (Å²) in [5, 5.41) is 1.13. The van der Waals surface area contributed by atoms with Crippen LogP contribution in [0.4, 0.5) is 0 Å². The highest BCUT2D eigenvalue weighted by molar-refractivity contribution is 6.48. The Hall–Kier alpha value is -3.66. The smallest absolute Gasteiger partial charge is 0.267 e. The molecule has 1 aliphatic heterocycles. The van der Waals surface area contributed by atoms with Gasteiger partial charge in [0, 0.05) is 27.7 Å². The fraction of sp³-hybridized carbons (Fsp3) is 0. The number of amides is 1. The lowest BCUT2D eigenvalue weighted by Gasteiger charge is -1.97. The number of carbonyl (C=O) groups is 1. The molecule has 1 aromatic carbocycles. The molecule has 0 atom stereocenters. The minimum absolute atomic E-state index is 0.234. The molecule has 2 aliphatic rings. The number of hydrogen-bond donors (Lipinski definition) is 2. The van der Waals surface area contributed by atoms with Crippen molar-refractivity contribution >= 4 is 34.2 Å². The molecule has 126 valence electrons. The van der Waals surface area contributed by atoms with Gasteiger partial charge in [0.1, 0.15) is 5.70 Å². The third kappa shape index (κ3) is 3.13. The fourth-order valence-electron chi connectivity index (χ4n) is 2.89. The Balaban J connectivity index is 1.85. The van der Waals surface area contributed by atoms with Crippen molar-refractivity contribution in [2.75, 3.05) is 0 Å². The Kier molecular flexibility index (Phi) is 4.07. The highest BCUT2D eigenvalue weighted by Crippen LogP contribution is 2.37. The summed E-state index contributed by atoms with van der Waals surface area (Å²) in [4.78, 5) is 19.5. The first-order valence-corrected chi connectivity index (χ1v) is 8.34. The lowest BCUT2D eigenvalue weighted by Crippen LogP contribution is -2.12. The van der Waals surface area contributed by atoms with Crippen molar-refractivity contribution < 1.29 is 4.79 Å². The Morgan fingerprint density at radius 2 is 1.69 bits per heavy atom. The van der Waals surface area contributed by atoms with Gasteiger partial charge < -0.3 is 10.7 Å². The number of carbonyl (C=O) groups excluding carboxylic acids is 1. The molecular formula is C22H17N3O. The molecule has 0 spiro atoms. The van der Waals surface area contributed by atoms with Crippen LogP contribution in [0.15, 0.2) is 89.6 Å². The van der Waals surface area contributed by atoms with Crippen LogP contribution in [0, 0.1) is 0 Å². The van der Waals surface area contributed by atoms with Gasteiger partial charge in [0.2, 0.25) is 0 Å². The Morgan fingerprint density at radius 3 is 2.50 bits per heavy atom. The number of nitrogens with two attached hydrogens (primary N) is 1. The SMILES string of the molecule is NC(=O)C1=CC=CC=CC=CC=Cc2[nH]c3ccccc3c2C2=CC2=N1. The first kappa shape index (κ1) is 15.8. The second-order valence-corrected chi connectivity index (χ2v) is 5.94. The second kappa shape index (κ2) is 6.69. The molecule has 1 amide bonds. The highest BCUT2D eigenvalue weighted by Gasteiger charge is 2.26. The van der Waals surface area contributed by atoms with Crippen molar-refractivity contribution in [3.8, 4) is 0 Å². The molecule has 0 radical (unpaired) electrons. The Bertz CT molecular complexity index is 1100. The van der Waals surface area contributed by atoms with Crippen LogP contribution in [0.25, 0.3) is 22.6 Å². The summed E-state index contributed by atoms with van der Waals surface area (Å²) in [6.45, 7) is 0. The van der Waals surface area contributed by atoms with Crippen molar-refractivity contribution in [1.82, 2.24) is 4.98 Å². The predicted octanol–water partition coefficient (Wildman–Crippen LogP) is 4.07. The van der Waals surface area contributed by atoms with E-state index in [2.05, 4.69) is 16.0 Å². The van der Waals surface area contributed by atoms with E-state index in [4.69, 9.17) is 5.73 Å². The van der Waals surface area contributed by atoms with Crippen LogP contribution < -0.4 is 5.73 Å². The maximum atomic E-state index is 11.7. The van der Waals surface area contributed by atoms with Crippen molar-refractivity contribution in [1.29, 1.82) is 0 Å². The maximum absolute atomic E-state index is 11.7. The summed E-state index contributed by atoms with van der Waals surface area (Å²) in [6.07, 6.45) is 18.9. The van der Waals surface area contributed by atoms with E-state index >= 15 is 0 Å². The molecule has 4 heteroatoms. The normalized spacial score (nSPS) is 16.1. The number of aromatic nitrogens is 1. The van der Waals surface area contributed by atoms with Crippen molar-refractivity contribution in [2.24, 2.45) is 10.7 Å². The molecule has 1 aromatic heterocycles. The zero-order valence-corrected chi connectivity index (χ0v) is 14.0. The van der Waals surface area contributed by atoms with Crippen LogP contribution in [0.2, 0.25) is 0 Å². The minimum atomic E-state index is -0.547. The van der Waals surface area contributed by atoms with Gasteiger partial charge in [-0.25, -0.2) is 4.99 Å². The molecule has 0 bridgehead atoms. The van der Waals surface area contributed by atoms with Crippen molar-refractivity contribution in [3.05, 3.63) is 95.9 Å². The zero-order valence-electron chi connectivity index (χ0n) is 14.0. The summed E-state index contributed by atoms with van der Waals surface area (Å²) in [6, 6.07) is 8.14. The average molecular weight is 339 g/mol. The van der Waals surface area contributed by atoms with E-state index in [1.807, 2.05) is 66.8 Å². The molecular weight excluding hydrogens is 322 g/mol. The van der Waals surface area contributed by atoms with Crippen molar-refractivity contribution in [2.45, 2.75) is 0 Å². The number of allylic oxidation sites excluding steroid dienone is 10. The molecule has 3 N–H and O–H groups in total. The number of nitrogens with one attached hydrogen (secondary N) is 1. The quantitative estimate of drug-likeness (QED) is 0.808. The predicted molar refractivity (Wildman–Crippen MR) is 107 cm³/mol. The van der Waals surface area contributed by atoms with Gasteiger partial charge in [-0.1, -0.05) is 60.7 Å². The molecule has 0 fully saturated rings. The molecule has 2 heterocycles. The number of fused-ring (bicyclic) bond motifs is 5. The first-order chi connectivity index (χ1) is 12.7. The van der Waals surface area contributed by atoms with Crippen LogP contribution >= 0.6 is 0 Å². The first-order valence-electron chi connectivity index (χ1n) is 8.34. The number of para-hydroxylation sites is 1. The number of primary amides is 1. The number of nitrogens with zero attached hydrogens (tertiary/aromatic N) is 1. The van der Waals surface area contributed by atoms with E-state index < -0.39 is 5.91 Å². The van der Waals surface area contributed by atoms with Gasteiger partial charge in [-0.05, 0) is 24.3 Å². The number of rotatable bonds is 1. The second-order valence-electron chi connectivity index (χ2n) is 5.94. The standard InChI is InChI=1S/C22H17N3O/c23-22(26)19-13-7-5-3-1-2-4-6-12-18-21(16-14-20(16)25-19)15-10-8-9-11-17(15)24-18/h1-14,24H,(H2,23,26). The third-order valence-electron chi connectivity index (χ3n) is 4.16. The van der Waals surface area contributed by atoms with E-state index in [0.29, 0.717) is 0 Å². The van der Waals surface area contributed by atoms with E-state index in [9.17, 15) is 4.79 Å². The minimum Gasteiger partial charge on any atom is -0.364 e. The van der Waals surface area contributed by atoms with Crippen LogP contribution in [-0.4, -0.2) is 16.6 Å². The molecule has 0 saturated heterocycles. The molecule has 0 unspecified atom stereocenters. The van der Waals surface area contributed by atoms with Crippen LogP contribution in [-0.2, 0) is 4.79 Å². The topological polar surface area (TPSA) is 71.2 Å². The van der Waals surface area contributed by atoms with E-state index in [1.165, 1.54) is 0 Å². The maximum Gasteiger partial charge on any atom is 0.267 e. The number of H-pyrrole nitrogens is 1. The number of hydrogen-bond acceptors (Lipinski definition) is 2. The zero-order chi connectivity index (χ0) is 17.9. The molecule has 4 nitrogen and oxygen atoms in total. The molecule has 4 rings (SSSR count). The van der Waals surface area contributed by atoms with Gasteiger partial charge >= 0.3 is 0 Å². The average Bonchev–Trinajstić information content (AvgIpc) is 3.28. The summed E-state index contributed by atoms with van der Waals surface area (Å²) < 4.78 is 0. The Morgan fingerprint density at radius 1 is 0.962 bits per heavy atom. The Labute approximate surface area is 151 Å². The largest absolute Gasteiger partial charge is 0.364 e. The van der Waals surface area contributed by atoms with Gasteiger partial charge in [-0.2, -0.15) is 0 Å². The van der Waals surface area contributed by atoms with Crippen LogP contribution in [0.1, 0.15) is 11.3 Å². The van der Waals surface area contributed by atoms with Crippen molar-refractivity contribution in [3.63, 3.8) is 0 Å². The summed E-state index contributed by atoms with van der Waals surface area (Å²) >= 11 is 0. The third-order valence-corrected chi connectivity index (χ3v) is 4.16. The van der Waals surface area contributed by atoms with Gasteiger partial charge in [-0.15, -0.1) is 0 Å². The monoisotopic (exact) mass is 339 g/mol. The highest BCUT2D eigenvalue weighted by atomic mass is 16.1. The fourth-order valence-corrected chi connectivity index (χ4v) is 2.89. The van der Waals surface area contributed by atoms with Crippen LogP contribution in [0.3, 0.4) is 0 Å². The van der Waals surface area contributed by atoms with Gasteiger partial charge in [-0.3, -0.25) is 4.79 Å². The number of aromatic amines is 1. The summed E-state index contributed by atoms with van der Waals surface area (Å²) in [7, 11) is 0. The molecule has 26 heavy (non-hydrogen) atoms. The van der Waals surface area contributed by atoms with E-state index in [1.54, 1.807) is 12.2 Å². The lowest BCUT2D eigenvalue weighted by atomic mass is 10.1. The summed E-state index contributed by atoms with van der Waals surface area (Å²) in [5.74, 6) is -0.547. The van der Waals surface area contributed by atoms with E-state index in [0.717, 1.165) is 33.4 Å². The van der Waals surface area contributed by atoms with Gasteiger partial charge in [0.05, 0.1) is 5.71 Å². The lowest BCUT2D eigenvalue weighted by molar-refractivity contribution is -0.114.